The number of esters is 1. The number of aryl methyl sites for hydroxylation is 1. The van der Waals surface area contributed by atoms with Gasteiger partial charge in [-0.15, -0.1) is 0 Å². The van der Waals surface area contributed by atoms with E-state index >= 15 is 0 Å². The number of hydrogen-bond donors (Lipinski definition) is 0. The molecule has 1 aromatic carbocycles. The number of hydrogen-bond acceptors (Lipinski definition) is 7. The molecule has 3 aromatic rings. The number of benzene rings is 1. The first-order valence-corrected chi connectivity index (χ1v) is 13.1. The van der Waals surface area contributed by atoms with Crippen LogP contribution in [0.1, 0.15) is 66.9 Å². The minimum absolute atomic E-state index is 0.212. The number of ether oxygens (including phenoxy) is 2. The van der Waals surface area contributed by atoms with Crippen molar-refractivity contribution >= 4 is 11.8 Å². The van der Waals surface area contributed by atoms with Gasteiger partial charge in [-0.25, -0.2) is 4.98 Å². The van der Waals surface area contributed by atoms with E-state index in [1.807, 2.05) is 12.1 Å². The Hall–Kier alpha value is -3.19. The van der Waals surface area contributed by atoms with Crippen molar-refractivity contribution in [2.24, 2.45) is 0 Å². The molecule has 36 heavy (non-hydrogen) atoms. The molecule has 6 rings (SSSR count). The molecule has 188 valence electrons. The zero-order chi connectivity index (χ0) is 24.6. The summed E-state index contributed by atoms with van der Waals surface area (Å²) in [5.41, 5.74) is 5.27. The predicted octanol–water partition coefficient (Wildman–Crippen LogP) is 5.35. The number of rotatable bonds is 8. The second-order valence-electron chi connectivity index (χ2n) is 10.4. The molecule has 1 saturated carbocycles. The first-order chi connectivity index (χ1) is 17.6. The van der Waals surface area contributed by atoms with Gasteiger partial charge in [-0.1, -0.05) is 35.5 Å². The van der Waals surface area contributed by atoms with Crippen molar-refractivity contribution in [2.45, 2.75) is 82.6 Å². The SMILES string of the molecule is COC(=O)Cc1ccc(N2C3CC[C@H]2CC(OCc2c(-c4ccccc4C)noc2C2CC2)C3)nc1. The Morgan fingerprint density at radius 1 is 1.08 bits per heavy atom. The van der Waals surface area contributed by atoms with Gasteiger partial charge in [0.25, 0.3) is 0 Å². The minimum atomic E-state index is -0.245. The number of carbonyl (C=O) groups is 1. The van der Waals surface area contributed by atoms with Crippen molar-refractivity contribution in [2.75, 3.05) is 12.0 Å². The highest BCUT2D eigenvalue weighted by Gasteiger charge is 2.42. The van der Waals surface area contributed by atoms with Crippen LogP contribution in [0.4, 0.5) is 5.82 Å². The first kappa shape index (κ1) is 23.2. The molecule has 2 aliphatic heterocycles. The number of methoxy groups -OCH3 is 1. The molecule has 2 bridgehead atoms. The van der Waals surface area contributed by atoms with E-state index in [4.69, 9.17) is 19.0 Å². The van der Waals surface area contributed by atoms with Gasteiger partial charge in [-0.3, -0.25) is 4.79 Å². The molecule has 2 unspecified atom stereocenters. The van der Waals surface area contributed by atoms with Crippen LogP contribution in [-0.2, 0) is 27.3 Å². The highest BCUT2D eigenvalue weighted by atomic mass is 16.5. The lowest BCUT2D eigenvalue weighted by Crippen LogP contribution is -2.46. The van der Waals surface area contributed by atoms with Gasteiger partial charge >= 0.3 is 5.97 Å². The summed E-state index contributed by atoms with van der Waals surface area (Å²) in [6.45, 7) is 2.67. The second-order valence-corrected chi connectivity index (χ2v) is 10.4. The molecule has 4 heterocycles. The maximum Gasteiger partial charge on any atom is 0.310 e. The molecule has 3 atom stereocenters. The van der Waals surface area contributed by atoms with Crippen molar-refractivity contribution in [3.8, 4) is 11.3 Å². The number of piperidine rings is 1. The van der Waals surface area contributed by atoms with Crippen LogP contribution in [0.5, 0.6) is 0 Å². The van der Waals surface area contributed by atoms with Gasteiger partial charge in [-0.2, -0.15) is 0 Å². The van der Waals surface area contributed by atoms with E-state index in [0.717, 1.165) is 59.6 Å². The minimum Gasteiger partial charge on any atom is -0.469 e. The van der Waals surface area contributed by atoms with E-state index in [0.29, 0.717) is 24.6 Å². The second kappa shape index (κ2) is 9.69. The average molecular weight is 488 g/mol. The highest BCUT2D eigenvalue weighted by molar-refractivity contribution is 5.72. The Bertz CT molecular complexity index is 1220. The van der Waals surface area contributed by atoms with Crippen LogP contribution in [0.15, 0.2) is 47.1 Å². The van der Waals surface area contributed by atoms with E-state index < -0.39 is 0 Å². The normalized spacial score (nSPS) is 23.2. The molecular weight excluding hydrogens is 454 g/mol. The number of carbonyl (C=O) groups excluding carboxylic acids is 1. The summed E-state index contributed by atoms with van der Waals surface area (Å²) in [5.74, 6) is 2.25. The van der Waals surface area contributed by atoms with Crippen molar-refractivity contribution < 1.29 is 18.8 Å². The molecule has 2 saturated heterocycles. The lowest BCUT2D eigenvalue weighted by atomic mass is 9.98. The molecule has 3 aliphatic rings. The zero-order valence-electron chi connectivity index (χ0n) is 21.0. The molecule has 0 radical (unpaired) electrons. The van der Waals surface area contributed by atoms with Crippen molar-refractivity contribution in [1.29, 1.82) is 0 Å². The Morgan fingerprint density at radius 3 is 2.53 bits per heavy atom. The van der Waals surface area contributed by atoms with Crippen LogP contribution in [-0.4, -0.2) is 41.4 Å². The summed E-state index contributed by atoms with van der Waals surface area (Å²) in [7, 11) is 1.41. The summed E-state index contributed by atoms with van der Waals surface area (Å²) >= 11 is 0. The number of nitrogens with zero attached hydrogens (tertiary/aromatic N) is 3. The van der Waals surface area contributed by atoms with E-state index in [-0.39, 0.29) is 18.5 Å². The van der Waals surface area contributed by atoms with Gasteiger partial charge < -0.3 is 18.9 Å². The third kappa shape index (κ3) is 4.52. The van der Waals surface area contributed by atoms with Gasteiger partial charge in [0.2, 0.25) is 0 Å². The fraction of sp³-hybridized carbons (Fsp3) is 0.483. The first-order valence-electron chi connectivity index (χ1n) is 13.1. The van der Waals surface area contributed by atoms with E-state index in [2.05, 4.69) is 41.2 Å². The molecule has 1 aliphatic carbocycles. The maximum atomic E-state index is 11.6. The quantitative estimate of drug-likeness (QED) is 0.396. The van der Waals surface area contributed by atoms with Gasteiger partial charge in [-0.05, 0) is 62.6 Å². The molecule has 7 nitrogen and oxygen atoms in total. The molecule has 0 amide bonds. The Labute approximate surface area is 211 Å². The van der Waals surface area contributed by atoms with Crippen LogP contribution in [0.3, 0.4) is 0 Å². The van der Waals surface area contributed by atoms with Gasteiger partial charge in [0.15, 0.2) is 0 Å². The fourth-order valence-corrected chi connectivity index (χ4v) is 5.93. The molecule has 3 fully saturated rings. The summed E-state index contributed by atoms with van der Waals surface area (Å²) < 4.78 is 17.2. The Morgan fingerprint density at radius 2 is 1.86 bits per heavy atom. The molecule has 7 heteroatoms. The lowest BCUT2D eigenvalue weighted by molar-refractivity contribution is -0.139. The number of pyridine rings is 1. The van der Waals surface area contributed by atoms with Crippen molar-refractivity contribution in [1.82, 2.24) is 10.1 Å². The van der Waals surface area contributed by atoms with Crippen molar-refractivity contribution in [3.05, 3.63) is 65.0 Å². The predicted molar refractivity (Wildman–Crippen MR) is 136 cm³/mol. The summed E-state index contributed by atoms with van der Waals surface area (Å²) in [6, 6.07) is 13.2. The molecule has 0 spiro atoms. The van der Waals surface area contributed by atoms with Crippen LogP contribution in [0.25, 0.3) is 11.3 Å². The Kier molecular flexibility index (Phi) is 6.25. The van der Waals surface area contributed by atoms with Crippen LogP contribution < -0.4 is 4.90 Å². The smallest absolute Gasteiger partial charge is 0.310 e. The van der Waals surface area contributed by atoms with Crippen LogP contribution in [0, 0.1) is 6.92 Å². The van der Waals surface area contributed by atoms with Crippen molar-refractivity contribution in [3.63, 3.8) is 0 Å². The molecule has 2 aromatic heterocycles. The largest absolute Gasteiger partial charge is 0.469 e. The van der Waals surface area contributed by atoms with E-state index in [1.54, 1.807) is 6.20 Å². The monoisotopic (exact) mass is 487 g/mol. The summed E-state index contributed by atoms with van der Waals surface area (Å²) in [4.78, 5) is 18.7. The van der Waals surface area contributed by atoms with Gasteiger partial charge in [0.05, 0.1) is 26.2 Å². The number of fused-ring (bicyclic) bond motifs is 2. The summed E-state index contributed by atoms with van der Waals surface area (Å²) in [5, 5.41) is 4.50. The zero-order valence-corrected chi connectivity index (χ0v) is 21.0. The van der Waals surface area contributed by atoms with Gasteiger partial charge in [0.1, 0.15) is 17.3 Å². The Balaban J connectivity index is 1.14. The molecule has 0 N–H and O–H groups in total. The maximum absolute atomic E-state index is 11.6. The topological polar surface area (TPSA) is 77.7 Å². The number of anilines is 1. The highest BCUT2D eigenvalue weighted by Crippen LogP contribution is 2.45. The standard InChI is InChI=1S/C29H33N3O4/c1-18-5-3-4-6-24(18)28-25(29(36-31-28)20-8-9-20)17-35-23-14-21-10-11-22(15-23)32(21)26-12-7-19(16-30-26)13-27(33)34-2/h3-7,12,16,20-23H,8-11,13-15,17H2,1-2H3/t21-,22?,23?/m0/s1. The lowest BCUT2D eigenvalue weighted by Gasteiger charge is -2.39. The summed E-state index contributed by atoms with van der Waals surface area (Å²) in [6.07, 6.45) is 8.90. The average Bonchev–Trinajstić information content (AvgIpc) is 3.60. The van der Waals surface area contributed by atoms with Crippen LogP contribution >= 0.6 is 0 Å². The number of aromatic nitrogens is 2. The third-order valence-electron chi connectivity index (χ3n) is 7.97. The van der Waals surface area contributed by atoms with E-state index in [9.17, 15) is 4.79 Å². The molecular formula is C29H33N3O4. The van der Waals surface area contributed by atoms with Crippen LogP contribution in [0.2, 0.25) is 0 Å². The van der Waals surface area contributed by atoms with Gasteiger partial charge in [0, 0.05) is 35.3 Å². The fourth-order valence-electron chi connectivity index (χ4n) is 5.93. The third-order valence-corrected chi connectivity index (χ3v) is 7.97. The van der Waals surface area contributed by atoms with E-state index in [1.165, 1.54) is 25.5 Å².